The highest BCUT2D eigenvalue weighted by Crippen LogP contribution is 2.23. The molecular formula is C23H26F3N5O4. The normalized spacial score (nSPS) is 10.7. The Balaban J connectivity index is 0.000000258. The van der Waals surface area contributed by atoms with E-state index in [4.69, 9.17) is 0 Å². The van der Waals surface area contributed by atoms with Gasteiger partial charge in [-0.1, -0.05) is 23.9 Å². The Labute approximate surface area is 199 Å². The number of carbonyl (C=O) groups excluding carboxylic acids is 1. The highest BCUT2D eigenvalue weighted by atomic mass is 19.4. The van der Waals surface area contributed by atoms with Crippen LogP contribution in [0, 0.1) is 6.92 Å². The number of aliphatic hydroxyl groups excluding tert-OH is 1. The van der Waals surface area contributed by atoms with Gasteiger partial charge in [0.05, 0.1) is 5.69 Å². The second-order valence-corrected chi connectivity index (χ2v) is 7.42. The number of nitrogens with one attached hydrogen (secondary N) is 1. The van der Waals surface area contributed by atoms with E-state index < -0.39 is 6.36 Å². The smallest absolute Gasteiger partial charge is 0.508 e. The number of hydrogen-bond donors (Lipinski definition) is 2. The molecule has 2 aromatic heterocycles. The van der Waals surface area contributed by atoms with Crippen LogP contribution >= 0.6 is 0 Å². The fourth-order valence-electron chi connectivity index (χ4n) is 2.94. The van der Waals surface area contributed by atoms with Gasteiger partial charge in [0.2, 0.25) is 6.41 Å². The van der Waals surface area contributed by atoms with Gasteiger partial charge in [0.15, 0.2) is 0 Å². The predicted molar refractivity (Wildman–Crippen MR) is 122 cm³/mol. The number of aliphatic hydroxyl groups is 1. The molecule has 2 N–H and O–H groups in total. The maximum atomic E-state index is 11.8. The van der Waals surface area contributed by atoms with Crippen LogP contribution < -0.4 is 15.6 Å². The molecule has 0 saturated heterocycles. The molecular weight excluding hydrogens is 467 g/mol. The van der Waals surface area contributed by atoms with Crippen molar-refractivity contribution in [2.45, 2.75) is 45.8 Å². The van der Waals surface area contributed by atoms with Crippen molar-refractivity contribution in [1.82, 2.24) is 24.9 Å². The minimum absolute atomic E-state index is 0.0872. The van der Waals surface area contributed by atoms with Crippen molar-refractivity contribution in [3.8, 4) is 5.75 Å². The molecule has 2 heterocycles. The van der Waals surface area contributed by atoms with Gasteiger partial charge >= 0.3 is 6.36 Å². The van der Waals surface area contributed by atoms with Gasteiger partial charge in [-0.2, -0.15) is 0 Å². The second-order valence-electron chi connectivity index (χ2n) is 7.42. The van der Waals surface area contributed by atoms with E-state index in [9.17, 15) is 27.9 Å². The molecule has 0 unspecified atom stereocenters. The molecule has 0 aliphatic rings. The number of rotatable bonds is 10. The highest BCUT2D eigenvalue weighted by molar-refractivity contribution is 5.54. The van der Waals surface area contributed by atoms with E-state index in [0.717, 1.165) is 25.1 Å². The van der Waals surface area contributed by atoms with Crippen molar-refractivity contribution in [3.63, 3.8) is 0 Å². The molecule has 9 nitrogen and oxygen atoms in total. The Morgan fingerprint density at radius 3 is 2.57 bits per heavy atom. The minimum Gasteiger partial charge on any atom is -0.508 e. The van der Waals surface area contributed by atoms with Crippen molar-refractivity contribution >= 4 is 12.2 Å². The summed E-state index contributed by atoms with van der Waals surface area (Å²) in [5.41, 5.74) is 1.77. The number of carbonyl (C=O) groups is 1. The van der Waals surface area contributed by atoms with Gasteiger partial charge in [-0.3, -0.25) is 14.3 Å². The highest BCUT2D eigenvalue weighted by Gasteiger charge is 2.31. The van der Waals surface area contributed by atoms with Crippen molar-refractivity contribution in [3.05, 3.63) is 82.5 Å². The Hall–Kier alpha value is -4.09. The zero-order valence-corrected chi connectivity index (χ0v) is 19.0. The first-order chi connectivity index (χ1) is 16.6. The van der Waals surface area contributed by atoms with Gasteiger partial charge in [-0.15, -0.1) is 18.3 Å². The third-order valence-corrected chi connectivity index (χ3v) is 4.54. The van der Waals surface area contributed by atoms with Gasteiger partial charge in [0.25, 0.3) is 5.56 Å². The molecule has 3 rings (SSSR count). The summed E-state index contributed by atoms with van der Waals surface area (Å²) in [6, 6.07) is 8.48. The third kappa shape index (κ3) is 10.2. The van der Waals surface area contributed by atoms with Crippen LogP contribution in [0.15, 0.2) is 60.2 Å². The van der Waals surface area contributed by atoms with Crippen molar-refractivity contribution in [1.29, 1.82) is 0 Å². The SMILES string of the molecule is C=C(O)c1ccn(CCCCn2cc(C)nn2)c(=O)c1.O=CNCc1cccc(OC(F)(F)F)c1. The number of halogens is 3. The lowest BCUT2D eigenvalue weighted by molar-refractivity contribution is -0.274. The summed E-state index contributed by atoms with van der Waals surface area (Å²) in [6.07, 6.45) is 1.14. The standard InChI is InChI=1S/C14H18N4O2.C9H8F3NO2/c1-11-10-18(16-15-11)7-4-3-6-17-8-5-13(12(2)19)9-14(17)20;10-9(11,12)15-8-3-1-2-7(4-8)5-13-6-14/h5,8-10,19H,2-4,6-7H2,1H3;1-4,6H,5H2,(H,13,14). The number of benzene rings is 1. The zero-order chi connectivity index (χ0) is 25.8. The summed E-state index contributed by atoms with van der Waals surface area (Å²) < 4.78 is 42.6. The van der Waals surface area contributed by atoms with Gasteiger partial charge in [-0.05, 0) is 43.5 Å². The topological polar surface area (TPSA) is 111 Å². The summed E-state index contributed by atoms with van der Waals surface area (Å²) >= 11 is 0. The number of ether oxygens (including phenoxy) is 1. The number of hydrogen-bond acceptors (Lipinski definition) is 6. The van der Waals surface area contributed by atoms with Crippen LogP contribution in [0.4, 0.5) is 13.2 Å². The summed E-state index contributed by atoms with van der Waals surface area (Å²) in [5.74, 6) is -0.386. The maximum absolute atomic E-state index is 11.8. The van der Waals surface area contributed by atoms with E-state index >= 15 is 0 Å². The van der Waals surface area contributed by atoms with Crippen LogP contribution in [0.1, 0.15) is 29.7 Å². The molecule has 0 radical (unpaired) electrons. The molecule has 3 aromatic rings. The number of pyridine rings is 1. The largest absolute Gasteiger partial charge is 0.573 e. The molecule has 0 bridgehead atoms. The summed E-state index contributed by atoms with van der Waals surface area (Å²) in [5, 5.41) is 19.4. The Kier molecular flexibility index (Phi) is 10.1. The third-order valence-electron chi connectivity index (χ3n) is 4.54. The number of unbranched alkanes of at least 4 members (excludes halogenated alkanes) is 1. The fourth-order valence-corrected chi connectivity index (χ4v) is 2.94. The summed E-state index contributed by atoms with van der Waals surface area (Å²) in [4.78, 5) is 21.8. The number of aromatic nitrogens is 4. The molecule has 0 aliphatic carbocycles. The van der Waals surface area contributed by atoms with Crippen LogP contribution in [0.25, 0.3) is 5.76 Å². The maximum Gasteiger partial charge on any atom is 0.573 e. The fraction of sp³-hybridized carbons (Fsp3) is 0.304. The van der Waals surface area contributed by atoms with Crippen LogP contribution in [-0.2, 0) is 24.4 Å². The number of nitrogens with zero attached hydrogens (tertiary/aromatic N) is 4. The molecule has 12 heteroatoms. The zero-order valence-electron chi connectivity index (χ0n) is 19.0. The molecule has 188 valence electrons. The first kappa shape index (κ1) is 27.2. The molecule has 0 saturated carbocycles. The van der Waals surface area contributed by atoms with Gasteiger partial charge < -0.3 is 19.7 Å². The average molecular weight is 493 g/mol. The predicted octanol–water partition coefficient (Wildman–Crippen LogP) is 3.59. The van der Waals surface area contributed by atoms with E-state index in [0.29, 0.717) is 24.1 Å². The van der Waals surface area contributed by atoms with Crippen molar-refractivity contribution in [2.24, 2.45) is 0 Å². The number of amides is 1. The summed E-state index contributed by atoms with van der Waals surface area (Å²) in [6.45, 7) is 6.90. The van der Waals surface area contributed by atoms with E-state index in [2.05, 4.69) is 26.9 Å². The quantitative estimate of drug-likeness (QED) is 0.254. The van der Waals surface area contributed by atoms with Gasteiger partial charge in [0, 0.05) is 43.7 Å². The first-order valence-electron chi connectivity index (χ1n) is 10.5. The molecule has 35 heavy (non-hydrogen) atoms. The molecule has 1 amide bonds. The lowest BCUT2D eigenvalue weighted by Gasteiger charge is -2.09. The summed E-state index contributed by atoms with van der Waals surface area (Å²) in [7, 11) is 0. The van der Waals surface area contributed by atoms with Crippen LogP contribution in [0.3, 0.4) is 0 Å². The molecule has 0 spiro atoms. The monoisotopic (exact) mass is 493 g/mol. The number of aryl methyl sites for hydroxylation is 3. The minimum atomic E-state index is -4.70. The second kappa shape index (κ2) is 13.0. The lowest BCUT2D eigenvalue weighted by atomic mass is 10.2. The lowest BCUT2D eigenvalue weighted by Crippen LogP contribution is -2.19. The van der Waals surface area contributed by atoms with Gasteiger partial charge in [0.1, 0.15) is 11.5 Å². The van der Waals surface area contributed by atoms with Crippen molar-refractivity contribution < 1.29 is 27.8 Å². The van der Waals surface area contributed by atoms with Crippen LogP contribution in [0.2, 0.25) is 0 Å². The van der Waals surface area contributed by atoms with Crippen molar-refractivity contribution in [2.75, 3.05) is 0 Å². The van der Waals surface area contributed by atoms with Crippen LogP contribution in [-0.4, -0.2) is 37.4 Å². The first-order valence-corrected chi connectivity index (χ1v) is 10.5. The molecule has 1 aromatic carbocycles. The van der Waals surface area contributed by atoms with E-state index in [1.807, 2.05) is 13.1 Å². The van der Waals surface area contributed by atoms with E-state index in [1.165, 1.54) is 24.3 Å². The number of alkyl halides is 3. The molecule has 0 atom stereocenters. The average Bonchev–Trinajstić information content (AvgIpc) is 3.20. The molecule has 0 aliphatic heterocycles. The van der Waals surface area contributed by atoms with Gasteiger partial charge in [-0.25, -0.2) is 0 Å². The Morgan fingerprint density at radius 2 is 1.97 bits per heavy atom. The van der Waals surface area contributed by atoms with E-state index in [1.54, 1.807) is 27.6 Å². The van der Waals surface area contributed by atoms with E-state index in [-0.39, 0.29) is 23.6 Å². The Bertz CT molecular complexity index is 1170. The molecule has 0 fully saturated rings. The Morgan fingerprint density at radius 1 is 1.23 bits per heavy atom. The van der Waals surface area contributed by atoms with Crippen LogP contribution in [0.5, 0.6) is 5.75 Å².